The molecule has 0 bridgehead atoms. The number of aliphatic imine (C=N–C) groups is 1. The summed E-state index contributed by atoms with van der Waals surface area (Å²) in [6, 6.07) is 22.4. The van der Waals surface area contributed by atoms with Crippen LogP contribution in [0, 0.1) is 0 Å². The molecule has 0 radical (unpaired) electrons. The summed E-state index contributed by atoms with van der Waals surface area (Å²) in [5, 5.41) is 0. The molecule has 0 amide bonds. The molecule has 7 heteroatoms. The average Bonchev–Trinajstić information content (AvgIpc) is 3.32. The van der Waals surface area contributed by atoms with Crippen molar-refractivity contribution in [2.75, 3.05) is 34.4 Å². The second-order valence-electron chi connectivity index (χ2n) is 7.89. The number of likely N-dealkylation sites (N-methyl/N-ethyl adjacent to an activating group) is 1. The lowest BCUT2D eigenvalue weighted by Crippen LogP contribution is -2.39. The fourth-order valence-electron chi connectivity index (χ4n) is 3.85. The van der Waals surface area contributed by atoms with Gasteiger partial charge in [0.15, 0.2) is 6.10 Å². The lowest BCUT2D eigenvalue weighted by molar-refractivity contribution is 0.0127. The zero-order chi connectivity index (χ0) is 23.9. The van der Waals surface area contributed by atoms with Crippen molar-refractivity contribution in [2.45, 2.75) is 12.6 Å². The molecular weight excluding hydrogens is 432 g/mol. The minimum absolute atomic E-state index is 0.173. The Morgan fingerprint density at radius 3 is 2.41 bits per heavy atom. The van der Waals surface area contributed by atoms with Crippen molar-refractivity contribution in [3.63, 3.8) is 0 Å². The summed E-state index contributed by atoms with van der Waals surface area (Å²) in [6.07, 6.45) is -0.556. The molecule has 0 N–H and O–H groups in total. The molecule has 7 nitrogen and oxygen atoms in total. The monoisotopic (exact) mass is 460 g/mol. The number of nitrogens with zero attached hydrogens (tertiary/aromatic N) is 2. The summed E-state index contributed by atoms with van der Waals surface area (Å²) in [5.41, 5.74) is 2.64. The maximum absolute atomic E-state index is 13.0. The Labute approximate surface area is 199 Å². The number of amidine groups is 1. The highest BCUT2D eigenvalue weighted by Crippen LogP contribution is 2.23. The molecule has 176 valence electrons. The van der Waals surface area contributed by atoms with E-state index in [1.54, 1.807) is 25.3 Å². The van der Waals surface area contributed by atoms with Crippen molar-refractivity contribution in [1.82, 2.24) is 4.90 Å². The largest absolute Gasteiger partial charge is 0.497 e. The highest BCUT2D eigenvalue weighted by atomic mass is 16.6. The Balaban J connectivity index is 1.50. The van der Waals surface area contributed by atoms with E-state index >= 15 is 0 Å². The van der Waals surface area contributed by atoms with Crippen LogP contribution in [0.25, 0.3) is 0 Å². The van der Waals surface area contributed by atoms with Crippen LogP contribution in [-0.2, 0) is 11.3 Å². The molecule has 1 atom stereocenters. The predicted octanol–water partition coefficient (Wildman–Crippen LogP) is 4.20. The van der Waals surface area contributed by atoms with Gasteiger partial charge in [0.25, 0.3) is 0 Å². The number of methoxy groups -OCH3 is 2. The standard InChI is InChI=1S/C27H28N2O5/c1-29(26-23-9-5-4-8-19(23)16-28-26)17-22(18-33-21-14-12-20(31-2)13-15-21)34-27(30)24-10-6-7-11-25(24)32-3/h4-15,22H,16-18H2,1-3H3. The minimum atomic E-state index is -0.556. The second-order valence-corrected chi connectivity index (χ2v) is 7.89. The van der Waals surface area contributed by atoms with Gasteiger partial charge in [0.1, 0.15) is 35.3 Å². The summed E-state index contributed by atoms with van der Waals surface area (Å²) in [4.78, 5) is 19.7. The maximum Gasteiger partial charge on any atom is 0.342 e. The Morgan fingerprint density at radius 1 is 0.941 bits per heavy atom. The van der Waals surface area contributed by atoms with Crippen LogP contribution in [0.4, 0.5) is 0 Å². The number of hydrogen-bond acceptors (Lipinski definition) is 7. The number of carbonyl (C=O) groups excluding carboxylic acids is 1. The Hall–Kier alpha value is -4.00. The molecule has 1 aliphatic heterocycles. The van der Waals surface area contributed by atoms with Crippen LogP contribution in [0.1, 0.15) is 21.5 Å². The minimum Gasteiger partial charge on any atom is -0.497 e. The molecule has 1 heterocycles. The van der Waals surface area contributed by atoms with Crippen LogP contribution >= 0.6 is 0 Å². The van der Waals surface area contributed by atoms with E-state index in [0.717, 1.165) is 17.1 Å². The van der Waals surface area contributed by atoms with Gasteiger partial charge >= 0.3 is 5.97 Å². The second kappa shape index (κ2) is 10.7. The van der Waals surface area contributed by atoms with Gasteiger partial charge in [-0.15, -0.1) is 0 Å². The highest BCUT2D eigenvalue weighted by molar-refractivity contribution is 6.01. The first-order valence-electron chi connectivity index (χ1n) is 11.0. The van der Waals surface area contributed by atoms with E-state index in [4.69, 9.17) is 18.9 Å². The van der Waals surface area contributed by atoms with E-state index in [0.29, 0.717) is 30.2 Å². The Kier molecular flexibility index (Phi) is 7.32. The average molecular weight is 461 g/mol. The van der Waals surface area contributed by atoms with Crippen LogP contribution in [0.15, 0.2) is 77.8 Å². The topological polar surface area (TPSA) is 69.6 Å². The van der Waals surface area contributed by atoms with Gasteiger partial charge in [-0.1, -0.05) is 36.4 Å². The van der Waals surface area contributed by atoms with Gasteiger partial charge in [0.2, 0.25) is 0 Å². The molecule has 4 rings (SSSR count). The molecule has 0 fully saturated rings. The van der Waals surface area contributed by atoms with E-state index in [1.807, 2.05) is 54.4 Å². The first kappa shape index (κ1) is 23.2. The number of carbonyl (C=O) groups is 1. The number of ether oxygens (including phenoxy) is 4. The first-order valence-corrected chi connectivity index (χ1v) is 11.0. The van der Waals surface area contributed by atoms with Crippen LogP contribution in [0.5, 0.6) is 17.2 Å². The van der Waals surface area contributed by atoms with Crippen molar-refractivity contribution in [3.05, 3.63) is 89.5 Å². The Bertz CT molecular complexity index is 1160. The zero-order valence-electron chi connectivity index (χ0n) is 19.6. The molecular formula is C27H28N2O5. The molecule has 0 saturated carbocycles. The normalized spacial score (nSPS) is 12.9. The fraction of sp³-hybridized carbons (Fsp3) is 0.259. The number of para-hydroxylation sites is 1. The number of esters is 1. The van der Waals surface area contributed by atoms with E-state index < -0.39 is 12.1 Å². The van der Waals surface area contributed by atoms with Crippen molar-refractivity contribution >= 4 is 11.8 Å². The van der Waals surface area contributed by atoms with Crippen LogP contribution in [-0.4, -0.2) is 57.2 Å². The number of rotatable bonds is 9. The summed E-state index contributed by atoms with van der Waals surface area (Å²) in [7, 11) is 5.08. The maximum atomic E-state index is 13.0. The van der Waals surface area contributed by atoms with Gasteiger partial charge in [-0.25, -0.2) is 4.79 Å². The third-order valence-corrected chi connectivity index (χ3v) is 5.59. The third kappa shape index (κ3) is 5.31. The van der Waals surface area contributed by atoms with E-state index in [9.17, 15) is 4.79 Å². The van der Waals surface area contributed by atoms with Crippen molar-refractivity contribution in [1.29, 1.82) is 0 Å². The lowest BCUT2D eigenvalue weighted by atomic mass is 10.1. The summed E-state index contributed by atoms with van der Waals surface area (Å²) in [5.74, 6) is 2.26. The summed E-state index contributed by atoms with van der Waals surface area (Å²) < 4.78 is 22.4. The molecule has 3 aromatic rings. The molecule has 0 spiro atoms. The van der Waals surface area contributed by atoms with Crippen LogP contribution in [0.2, 0.25) is 0 Å². The van der Waals surface area contributed by atoms with E-state index in [1.165, 1.54) is 12.7 Å². The van der Waals surface area contributed by atoms with Gasteiger partial charge in [-0.2, -0.15) is 0 Å². The molecule has 0 aromatic heterocycles. The number of hydrogen-bond donors (Lipinski definition) is 0. The first-order chi connectivity index (χ1) is 16.6. The molecule has 0 saturated heterocycles. The van der Waals surface area contributed by atoms with Crippen molar-refractivity contribution in [2.24, 2.45) is 4.99 Å². The van der Waals surface area contributed by atoms with Gasteiger partial charge < -0.3 is 23.8 Å². The third-order valence-electron chi connectivity index (χ3n) is 5.59. The number of fused-ring (bicyclic) bond motifs is 1. The predicted molar refractivity (Wildman–Crippen MR) is 130 cm³/mol. The highest BCUT2D eigenvalue weighted by Gasteiger charge is 2.25. The molecule has 0 aliphatic carbocycles. The lowest BCUT2D eigenvalue weighted by Gasteiger charge is -2.26. The van der Waals surface area contributed by atoms with Gasteiger partial charge in [-0.3, -0.25) is 4.99 Å². The van der Waals surface area contributed by atoms with E-state index in [2.05, 4.69) is 17.1 Å². The molecule has 3 aromatic carbocycles. The van der Waals surface area contributed by atoms with Crippen molar-refractivity contribution < 1.29 is 23.7 Å². The van der Waals surface area contributed by atoms with Crippen LogP contribution < -0.4 is 14.2 Å². The molecule has 1 unspecified atom stereocenters. The summed E-state index contributed by atoms with van der Waals surface area (Å²) in [6.45, 7) is 1.22. The van der Waals surface area contributed by atoms with Gasteiger partial charge in [0.05, 0.1) is 27.3 Å². The van der Waals surface area contributed by atoms with Gasteiger partial charge in [-0.05, 0) is 42.0 Å². The summed E-state index contributed by atoms with van der Waals surface area (Å²) >= 11 is 0. The zero-order valence-corrected chi connectivity index (χ0v) is 19.6. The SMILES string of the molecule is COc1ccc(OCC(CN(C)C2=NCc3ccccc32)OC(=O)c2ccccc2OC)cc1. The molecule has 34 heavy (non-hydrogen) atoms. The van der Waals surface area contributed by atoms with Crippen LogP contribution in [0.3, 0.4) is 0 Å². The van der Waals surface area contributed by atoms with E-state index in [-0.39, 0.29) is 6.61 Å². The Morgan fingerprint density at radius 2 is 1.65 bits per heavy atom. The van der Waals surface area contributed by atoms with Gasteiger partial charge in [0, 0.05) is 12.6 Å². The number of benzene rings is 3. The smallest absolute Gasteiger partial charge is 0.342 e. The van der Waals surface area contributed by atoms with Crippen molar-refractivity contribution in [3.8, 4) is 17.2 Å². The molecule has 1 aliphatic rings. The fourth-order valence-corrected chi connectivity index (χ4v) is 3.85. The quantitative estimate of drug-likeness (QED) is 0.446.